The fourth-order valence-corrected chi connectivity index (χ4v) is 2.41. The second-order valence-electron chi connectivity index (χ2n) is 4.32. The van der Waals surface area contributed by atoms with Crippen LogP contribution in [-0.4, -0.2) is 5.11 Å². The molecule has 88 valence electrons. The van der Waals surface area contributed by atoms with Crippen molar-refractivity contribution in [1.29, 1.82) is 0 Å². The van der Waals surface area contributed by atoms with Crippen molar-refractivity contribution in [2.24, 2.45) is 0 Å². The summed E-state index contributed by atoms with van der Waals surface area (Å²) in [6.07, 6.45) is -0.562. The van der Waals surface area contributed by atoms with Crippen molar-refractivity contribution in [1.82, 2.24) is 0 Å². The van der Waals surface area contributed by atoms with E-state index in [-0.39, 0.29) is 0 Å². The predicted octanol–water partition coefficient (Wildman–Crippen LogP) is 4.15. The molecule has 1 N–H and O–H groups in total. The molecule has 0 amide bonds. The Morgan fingerprint density at radius 3 is 2.47 bits per heavy atom. The highest BCUT2D eigenvalue weighted by molar-refractivity contribution is 9.10. The van der Waals surface area contributed by atoms with E-state index in [0.29, 0.717) is 0 Å². The fraction of sp³-hybridized carbons (Fsp3) is 0.200. The Hall–Kier alpha value is -1.12. The molecule has 0 heterocycles. The minimum absolute atomic E-state index is 0.562. The van der Waals surface area contributed by atoms with Crippen LogP contribution in [0.3, 0.4) is 0 Å². The van der Waals surface area contributed by atoms with Gasteiger partial charge in [-0.25, -0.2) is 0 Å². The first kappa shape index (κ1) is 12.3. The van der Waals surface area contributed by atoms with Crippen molar-refractivity contribution >= 4 is 15.9 Å². The lowest BCUT2D eigenvalue weighted by Crippen LogP contribution is -2.02. The summed E-state index contributed by atoms with van der Waals surface area (Å²) in [5, 5.41) is 10.4. The van der Waals surface area contributed by atoms with Crippen LogP contribution in [0.25, 0.3) is 0 Å². The molecule has 0 spiro atoms. The third-order valence-electron chi connectivity index (χ3n) is 2.88. The third-order valence-corrected chi connectivity index (χ3v) is 3.38. The van der Waals surface area contributed by atoms with E-state index in [9.17, 15) is 5.11 Å². The topological polar surface area (TPSA) is 20.2 Å². The Bertz CT molecular complexity index is 534. The molecule has 1 atom stereocenters. The maximum absolute atomic E-state index is 10.4. The average Bonchev–Trinajstić information content (AvgIpc) is 2.28. The largest absolute Gasteiger partial charge is 0.384 e. The second kappa shape index (κ2) is 5.03. The maximum Gasteiger partial charge on any atom is 0.104 e. The predicted molar refractivity (Wildman–Crippen MR) is 74.1 cm³/mol. The minimum Gasteiger partial charge on any atom is -0.384 e. The van der Waals surface area contributed by atoms with Gasteiger partial charge in [-0.05, 0) is 42.7 Å². The smallest absolute Gasteiger partial charge is 0.104 e. The van der Waals surface area contributed by atoms with Gasteiger partial charge in [0.2, 0.25) is 0 Å². The van der Waals surface area contributed by atoms with Gasteiger partial charge in [0, 0.05) is 4.47 Å². The number of hydrogen-bond acceptors (Lipinski definition) is 1. The van der Waals surface area contributed by atoms with Gasteiger partial charge in [0.15, 0.2) is 0 Å². The van der Waals surface area contributed by atoms with Gasteiger partial charge in [-0.2, -0.15) is 0 Å². The Kier molecular flexibility index (Phi) is 3.65. The lowest BCUT2D eigenvalue weighted by atomic mass is 9.96. The number of aryl methyl sites for hydroxylation is 2. The number of rotatable bonds is 2. The number of hydrogen-bond donors (Lipinski definition) is 1. The molecular weight excluding hydrogens is 276 g/mol. The van der Waals surface area contributed by atoms with Crippen LogP contribution >= 0.6 is 15.9 Å². The van der Waals surface area contributed by atoms with E-state index >= 15 is 0 Å². The summed E-state index contributed by atoms with van der Waals surface area (Å²) in [6, 6.07) is 13.9. The molecule has 2 aromatic carbocycles. The van der Waals surface area contributed by atoms with E-state index in [0.717, 1.165) is 21.2 Å². The van der Waals surface area contributed by atoms with Gasteiger partial charge >= 0.3 is 0 Å². The molecule has 17 heavy (non-hydrogen) atoms. The highest BCUT2D eigenvalue weighted by Crippen LogP contribution is 2.27. The van der Waals surface area contributed by atoms with Crippen molar-refractivity contribution in [2.75, 3.05) is 0 Å². The standard InChI is InChI=1S/C15H15BrO/c1-10-6-7-14(11(2)8-10)15(17)12-4-3-5-13(16)9-12/h3-9,15,17H,1-2H3/t15-/m0/s1. The van der Waals surface area contributed by atoms with Gasteiger partial charge in [-0.3, -0.25) is 0 Å². The Labute approximate surface area is 110 Å². The average molecular weight is 291 g/mol. The van der Waals surface area contributed by atoms with Crippen molar-refractivity contribution in [3.63, 3.8) is 0 Å². The molecule has 1 nitrogen and oxygen atoms in total. The SMILES string of the molecule is Cc1ccc([C@@H](O)c2cccc(Br)c2)c(C)c1. The van der Waals surface area contributed by atoms with Crippen LogP contribution in [0.5, 0.6) is 0 Å². The highest BCUT2D eigenvalue weighted by Gasteiger charge is 2.12. The first-order valence-corrected chi connectivity index (χ1v) is 6.38. The van der Waals surface area contributed by atoms with Gasteiger partial charge in [0.05, 0.1) is 0 Å². The maximum atomic E-state index is 10.4. The number of benzene rings is 2. The van der Waals surface area contributed by atoms with Crippen LogP contribution in [-0.2, 0) is 0 Å². The molecule has 0 aliphatic heterocycles. The van der Waals surface area contributed by atoms with Crippen molar-refractivity contribution in [3.05, 3.63) is 69.2 Å². The summed E-state index contributed by atoms with van der Waals surface area (Å²) in [5.74, 6) is 0. The van der Waals surface area contributed by atoms with Gasteiger partial charge < -0.3 is 5.11 Å². The van der Waals surface area contributed by atoms with E-state index in [1.165, 1.54) is 5.56 Å². The minimum atomic E-state index is -0.562. The van der Waals surface area contributed by atoms with Crippen LogP contribution in [0.4, 0.5) is 0 Å². The second-order valence-corrected chi connectivity index (χ2v) is 5.23. The molecule has 0 saturated heterocycles. The molecule has 2 heteroatoms. The number of aliphatic hydroxyl groups is 1. The summed E-state index contributed by atoms with van der Waals surface area (Å²) in [7, 11) is 0. The number of aliphatic hydroxyl groups excluding tert-OH is 1. The van der Waals surface area contributed by atoms with Gasteiger partial charge in [0.1, 0.15) is 6.10 Å². The van der Waals surface area contributed by atoms with Crippen molar-refractivity contribution in [2.45, 2.75) is 20.0 Å². The molecule has 2 rings (SSSR count). The zero-order valence-electron chi connectivity index (χ0n) is 9.94. The molecule has 0 fully saturated rings. The summed E-state index contributed by atoms with van der Waals surface area (Å²) in [5.41, 5.74) is 4.21. The first-order chi connectivity index (χ1) is 8.08. The number of halogens is 1. The Morgan fingerprint density at radius 2 is 1.82 bits per heavy atom. The summed E-state index contributed by atoms with van der Waals surface area (Å²) in [4.78, 5) is 0. The van der Waals surface area contributed by atoms with Gasteiger partial charge in [-0.15, -0.1) is 0 Å². The summed E-state index contributed by atoms with van der Waals surface area (Å²) >= 11 is 3.42. The quantitative estimate of drug-likeness (QED) is 0.881. The Morgan fingerprint density at radius 1 is 1.06 bits per heavy atom. The van der Waals surface area contributed by atoms with Crippen LogP contribution in [0, 0.1) is 13.8 Å². The van der Waals surface area contributed by atoms with E-state index in [2.05, 4.69) is 28.9 Å². The molecule has 2 aromatic rings. The molecule has 0 aliphatic rings. The summed E-state index contributed by atoms with van der Waals surface area (Å²) < 4.78 is 0.985. The van der Waals surface area contributed by atoms with Crippen LogP contribution in [0.1, 0.15) is 28.4 Å². The third kappa shape index (κ3) is 2.76. The van der Waals surface area contributed by atoms with Crippen molar-refractivity contribution < 1.29 is 5.11 Å². The first-order valence-electron chi connectivity index (χ1n) is 5.58. The van der Waals surface area contributed by atoms with Crippen LogP contribution in [0.15, 0.2) is 46.9 Å². The molecule has 0 bridgehead atoms. The normalized spacial score (nSPS) is 12.5. The van der Waals surface area contributed by atoms with Crippen LogP contribution < -0.4 is 0 Å². The summed E-state index contributed by atoms with van der Waals surface area (Å²) in [6.45, 7) is 4.09. The zero-order valence-corrected chi connectivity index (χ0v) is 11.5. The van der Waals surface area contributed by atoms with E-state index < -0.39 is 6.10 Å². The molecular formula is C15H15BrO. The highest BCUT2D eigenvalue weighted by atomic mass is 79.9. The zero-order chi connectivity index (χ0) is 12.4. The monoisotopic (exact) mass is 290 g/mol. The molecule has 0 saturated carbocycles. The Balaban J connectivity index is 2.40. The lowest BCUT2D eigenvalue weighted by molar-refractivity contribution is 0.219. The molecule has 0 aliphatic carbocycles. The van der Waals surface area contributed by atoms with E-state index in [1.54, 1.807) is 0 Å². The van der Waals surface area contributed by atoms with Crippen LogP contribution in [0.2, 0.25) is 0 Å². The van der Waals surface area contributed by atoms with Gasteiger partial charge in [-0.1, -0.05) is 51.8 Å². The van der Waals surface area contributed by atoms with Crippen molar-refractivity contribution in [3.8, 4) is 0 Å². The van der Waals surface area contributed by atoms with Gasteiger partial charge in [0.25, 0.3) is 0 Å². The van der Waals surface area contributed by atoms with E-state index in [1.807, 2.05) is 43.3 Å². The van der Waals surface area contributed by atoms with E-state index in [4.69, 9.17) is 0 Å². The molecule has 0 unspecified atom stereocenters. The molecule has 0 aromatic heterocycles. The lowest BCUT2D eigenvalue weighted by Gasteiger charge is -2.15. The fourth-order valence-electron chi connectivity index (χ4n) is 1.99. The molecule has 0 radical (unpaired) electrons.